The third-order valence-corrected chi connectivity index (χ3v) is 4.93. The first-order valence-electron chi connectivity index (χ1n) is 7.31. The summed E-state index contributed by atoms with van der Waals surface area (Å²) in [5.41, 5.74) is 10.0. The van der Waals surface area contributed by atoms with Crippen LogP contribution >= 0.6 is 23.4 Å². The Morgan fingerprint density at radius 3 is 2.71 bits per heavy atom. The summed E-state index contributed by atoms with van der Waals surface area (Å²) in [5, 5.41) is 0.785. The number of thioether (sulfide) groups is 1. The monoisotopic (exact) mass is 319 g/mol. The molecule has 2 N–H and O–H groups in total. The first-order chi connectivity index (χ1) is 10.1. The zero-order valence-electron chi connectivity index (χ0n) is 12.6. The van der Waals surface area contributed by atoms with Gasteiger partial charge < -0.3 is 5.73 Å². The molecule has 3 heteroatoms. The number of hydrogen-bond donors (Lipinski definition) is 1. The van der Waals surface area contributed by atoms with Gasteiger partial charge in [-0.2, -0.15) is 0 Å². The van der Waals surface area contributed by atoms with E-state index in [0.29, 0.717) is 0 Å². The van der Waals surface area contributed by atoms with Gasteiger partial charge in [-0.3, -0.25) is 0 Å². The van der Waals surface area contributed by atoms with Crippen LogP contribution in [0.3, 0.4) is 0 Å². The average Bonchev–Trinajstić information content (AvgIpc) is 2.46. The summed E-state index contributed by atoms with van der Waals surface area (Å²) >= 11 is 7.99. The Hall–Kier alpha value is -0.960. The number of hydrogen-bond acceptors (Lipinski definition) is 2. The lowest BCUT2D eigenvalue weighted by Gasteiger charge is -2.14. The molecular weight excluding hydrogens is 298 g/mol. The van der Waals surface area contributed by atoms with Gasteiger partial charge in [0, 0.05) is 21.7 Å². The minimum absolute atomic E-state index is 0.196. The third kappa shape index (κ3) is 5.06. The Kier molecular flexibility index (Phi) is 6.16. The average molecular weight is 320 g/mol. The molecule has 0 saturated heterocycles. The van der Waals surface area contributed by atoms with Crippen molar-refractivity contribution in [1.82, 2.24) is 0 Å². The molecule has 0 aromatic heterocycles. The second-order valence-electron chi connectivity index (χ2n) is 5.40. The molecule has 0 fully saturated rings. The van der Waals surface area contributed by atoms with Crippen molar-refractivity contribution in [3.8, 4) is 0 Å². The molecule has 0 bridgehead atoms. The van der Waals surface area contributed by atoms with Gasteiger partial charge in [0.2, 0.25) is 0 Å². The van der Waals surface area contributed by atoms with Crippen LogP contribution in [0.25, 0.3) is 0 Å². The Balaban J connectivity index is 2.11. The molecule has 0 radical (unpaired) electrons. The smallest absolute Gasteiger partial charge is 0.0409 e. The maximum Gasteiger partial charge on any atom is 0.0409 e. The summed E-state index contributed by atoms with van der Waals surface area (Å²) < 4.78 is 0. The number of aryl methyl sites for hydroxylation is 1. The molecule has 0 aliphatic rings. The lowest BCUT2D eigenvalue weighted by molar-refractivity contribution is 0.641. The molecule has 112 valence electrons. The maximum absolute atomic E-state index is 6.13. The standard InChI is InChI=1S/C18H22ClNS/c1-3-17(20)11-15-10-16(19)7-8-18(15)21-12-14-6-4-5-13(2)9-14/h4-10,17H,3,11-12,20H2,1-2H3. The predicted octanol–water partition coefficient (Wildman–Crippen LogP) is 5.22. The van der Waals surface area contributed by atoms with Crippen LogP contribution in [0.5, 0.6) is 0 Å². The fourth-order valence-electron chi connectivity index (χ4n) is 2.24. The number of halogens is 1. The first kappa shape index (κ1) is 16.4. The van der Waals surface area contributed by atoms with Crippen molar-refractivity contribution in [3.63, 3.8) is 0 Å². The summed E-state index contributed by atoms with van der Waals surface area (Å²) in [6.07, 6.45) is 1.86. The third-order valence-electron chi connectivity index (χ3n) is 3.51. The van der Waals surface area contributed by atoms with Crippen LogP contribution in [0.1, 0.15) is 30.0 Å². The molecule has 0 spiro atoms. The summed E-state index contributed by atoms with van der Waals surface area (Å²) in [4.78, 5) is 1.28. The molecule has 2 aromatic carbocycles. The van der Waals surface area contributed by atoms with Gasteiger partial charge in [0.05, 0.1) is 0 Å². The van der Waals surface area contributed by atoms with Crippen molar-refractivity contribution in [2.24, 2.45) is 5.73 Å². The lowest BCUT2D eigenvalue weighted by atomic mass is 10.0. The van der Waals surface area contributed by atoms with E-state index in [2.05, 4.69) is 50.2 Å². The van der Waals surface area contributed by atoms with Crippen LogP contribution in [-0.4, -0.2) is 6.04 Å². The fourth-order valence-corrected chi connectivity index (χ4v) is 3.43. The van der Waals surface area contributed by atoms with E-state index in [0.717, 1.165) is 23.6 Å². The molecule has 1 nitrogen and oxygen atoms in total. The Morgan fingerprint density at radius 2 is 2.00 bits per heavy atom. The van der Waals surface area contributed by atoms with Gasteiger partial charge >= 0.3 is 0 Å². The second-order valence-corrected chi connectivity index (χ2v) is 6.86. The molecule has 21 heavy (non-hydrogen) atoms. The minimum Gasteiger partial charge on any atom is -0.327 e. The summed E-state index contributed by atoms with van der Waals surface area (Å²) in [6, 6.07) is 15.0. The summed E-state index contributed by atoms with van der Waals surface area (Å²) in [7, 11) is 0. The fraction of sp³-hybridized carbons (Fsp3) is 0.333. The largest absolute Gasteiger partial charge is 0.327 e. The topological polar surface area (TPSA) is 26.0 Å². The molecule has 0 saturated carbocycles. The van der Waals surface area contributed by atoms with E-state index in [-0.39, 0.29) is 6.04 Å². The Bertz CT molecular complexity index is 598. The molecule has 1 atom stereocenters. The Morgan fingerprint density at radius 1 is 1.19 bits per heavy atom. The Labute approximate surface area is 136 Å². The molecule has 0 aliphatic heterocycles. The van der Waals surface area contributed by atoms with Crippen molar-refractivity contribution in [2.45, 2.75) is 43.4 Å². The van der Waals surface area contributed by atoms with E-state index >= 15 is 0 Å². The minimum atomic E-state index is 0.196. The van der Waals surface area contributed by atoms with Crippen molar-refractivity contribution in [2.75, 3.05) is 0 Å². The van der Waals surface area contributed by atoms with Gasteiger partial charge in [0.25, 0.3) is 0 Å². The van der Waals surface area contributed by atoms with E-state index in [1.807, 2.05) is 17.8 Å². The molecule has 2 rings (SSSR count). The molecule has 0 aliphatic carbocycles. The number of benzene rings is 2. The summed E-state index contributed by atoms with van der Waals surface area (Å²) in [5.74, 6) is 0.970. The van der Waals surface area contributed by atoms with Crippen molar-refractivity contribution in [1.29, 1.82) is 0 Å². The highest BCUT2D eigenvalue weighted by Crippen LogP contribution is 2.29. The van der Waals surface area contributed by atoms with Gasteiger partial charge in [-0.1, -0.05) is 48.4 Å². The van der Waals surface area contributed by atoms with E-state index in [1.165, 1.54) is 21.6 Å². The zero-order valence-corrected chi connectivity index (χ0v) is 14.2. The van der Waals surface area contributed by atoms with Gasteiger partial charge in [-0.05, 0) is 49.1 Å². The second kappa shape index (κ2) is 7.88. The number of rotatable bonds is 6. The molecule has 0 heterocycles. The highest BCUT2D eigenvalue weighted by Gasteiger charge is 2.09. The van der Waals surface area contributed by atoms with Gasteiger partial charge in [-0.15, -0.1) is 11.8 Å². The van der Waals surface area contributed by atoms with Crippen molar-refractivity contribution >= 4 is 23.4 Å². The molecule has 1 unspecified atom stereocenters. The van der Waals surface area contributed by atoms with E-state index in [9.17, 15) is 0 Å². The van der Waals surface area contributed by atoms with Gasteiger partial charge in [0.15, 0.2) is 0 Å². The van der Waals surface area contributed by atoms with Crippen LogP contribution in [0, 0.1) is 6.92 Å². The van der Waals surface area contributed by atoms with Crippen molar-refractivity contribution < 1.29 is 0 Å². The van der Waals surface area contributed by atoms with E-state index < -0.39 is 0 Å². The summed E-state index contributed by atoms with van der Waals surface area (Å²) in [6.45, 7) is 4.25. The van der Waals surface area contributed by atoms with E-state index in [4.69, 9.17) is 17.3 Å². The highest BCUT2D eigenvalue weighted by molar-refractivity contribution is 7.98. The van der Waals surface area contributed by atoms with Gasteiger partial charge in [-0.25, -0.2) is 0 Å². The predicted molar refractivity (Wildman–Crippen MR) is 94.2 cm³/mol. The molecule has 0 amide bonds. The van der Waals surface area contributed by atoms with Gasteiger partial charge in [0.1, 0.15) is 0 Å². The van der Waals surface area contributed by atoms with Crippen LogP contribution in [0.15, 0.2) is 47.4 Å². The lowest BCUT2D eigenvalue weighted by Crippen LogP contribution is -2.21. The molecule has 2 aromatic rings. The quantitative estimate of drug-likeness (QED) is 0.739. The molecular formula is C18H22ClNS. The number of nitrogens with two attached hydrogens (primary N) is 1. The van der Waals surface area contributed by atoms with Crippen molar-refractivity contribution in [3.05, 3.63) is 64.2 Å². The zero-order chi connectivity index (χ0) is 15.2. The van der Waals surface area contributed by atoms with Crippen LogP contribution in [-0.2, 0) is 12.2 Å². The van der Waals surface area contributed by atoms with Crippen LogP contribution in [0.4, 0.5) is 0 Å². The maximum atomic E-state index is 6.13. The highest BCUT2D eigenvalue weighted by atomic mass is 35.5. The van der Waals surface area contributed by atoms with E-state index in [1.54, 1.807) is 0 Å². The van der Waals surface area contributed by atoms with Crippen LogP contribution < -0.4 is 5.73 Å². The normalized spacial score (nSPS) is 12.4. The van der Waals surface area contributed by atoms with Crippen LogP contribution in [0.2, 0.25) is 5.02 Å². The first-order valence-corrected chi connectivity index (χ1v) is 8.67. The SMILES string of the molecule is CCC(N)Cc1cc(Cl)ccc1SCc1cccc(C)c1.